The molecule has 0 aromatic heterocycles. The lowest BCUT2D eigenvalue weighted by Gasteiger charge is -2.53. The van der Waals surface area contributed by atoms with E-state index in [4.69, 9.17) is 5.26 Å². The minimum Gasteiger partial charge on any atom is -0.340 e. The monoisotopic (exact) mass is 260 g/mol. The Labute approximate surface area is 115 Å². The second kappa shape index (κ2) is 5.15. The summed E-state index contributed by atoms with van der Waals surface area (Å²) in [6.45, 7) is 2.05. The molecule has 19 heavy (non-hydrogen) atoms. The first kappa shape index (κ1) is 13.0. The number of carbonyl (C=O) groups is 1. The summed E-state index contributed by atoms with van der Waals surface area (Å²) in [5, 5.41) is 12.1. The Hall–Kier alpha value is -1.04. The zero-order valence-corrected chi connectivity index (χ0v) is 11.8. The lowest BCUT2D eigenvalue weighted by atomic mass is 9.51. The Morgan fingerprint density at radius 1 is 1.21 bits per heavy atom. The Balaban J connectivity index is 1.65. The van der Waals surface area contributed by atoms with E-state index in [0.717, 1.165) is 24.7 Å². The molecule has 4 aliphatic rings. The van der Waals surface area contributed by atoms with Gasteiger partial charge >= 0.3 is 0 Å². The van der Waals surface area contributed by atoms with Crippen molar-refractivity contribution >= 4 is 5.91 Å². The molecule has 1 amide bonds. The van der Waals surface area contributed by atoms with Crippen LogP contribution in [0.2, 0.25) is 0 Å². The van der Waals surface area contributed by atoms with Crippen LogP contribution in [-0.2, 0) is 4.79 Å². The fourth-order valence-electron chi connectivity index (χ4n) is 5.08. The molecule has 1 atom stereocenters. The molecular formula is C16H24N2O. The van der Waals surface area contributed by atoms with Gasteiger partial charge in [0.25, 0.3) is 0 Å². The third kappa shape index (κ3) is 2.38. The van der Waals surface area contributed by atoms with Crippen molar-refractivity contribution in [1.29, 1.82) is 5.26 Å². The summed E-state index contributed by atoms with van der Waals surface area (Å²) in [7, 11) is 0. The highest BCUT2D eigenvalue weighted by molar-refractivity contribution is 5.80. The molecule has 4 rings (SSSR count). The van der Waals surface area contributed by atoms with Gasteiger partial charge in [0.2, 0.25) is 5.91 Å². The van der Waals surface area contributed by atoms with Gasteiger partial charge < -0.3 is 5.32 Å². The van der Waals surface area contributed by atoms with Crippen LogP contribution in [0.25, 0.3) is 0 Å². The SMILES string of the molecule is CCCC(C#N)NC(=O)C1C2CC3CC(C2)CC1C3. The highest BCUT2D eigenvalue weighted by atomic mass is 16.2. The molecule has 3 heteroatoms. The average Bonchev–Trinajstić information content (AvgIpc) is 2.36. The standard InChI is InChI=1S/C16H24N2O/c1-2-3-14(9-17)18-16(19)15-12-5-10-4-11(7-12)8-13(15)6-10/h10-15H,2-8H2,1H3,(H,18,19). The third-order valence-electron chi connectivity index (χ3n) is 5.58. The molecule has 0 saturated heterocycles. The molecule has 4 saturated carbocycles. The van der Waals surface area contributed by atoms with Crippen LogP contribution in [0.3, 0.4) is 0 Å². The summed E-state index contributed by atoms with van der Waals surface area (Å²) in [6, 6.07) is 1.94. The van der Waals surface area contributed by atoms with E-state index in [1.165, 1.54) is 32.1 Å². The van der Waals surface area contributed by atoms with Crippen molar-refractivity contribution in [2.45, 2.75) is 57.9 Å². The first-order chi connectivity index (χ1) is 9.21. The molecular weight excluding hydrogens is 236 g/mol. The van der Waals surface area contributed by atoms with Gasteiger partial charge in [-0.25, -0.2) is 0 Å². The molecule has 3 nitrogen and oxygen atoms in total. The maximum atomic E-state index is 12.5. The summed E-state index contributed by atoms with van der Waals surface area (Å²) in [6.07, 6.45) is 8.17. The Morgan fingerprint density at radius 2 is 1.79 bits per heavy atom. The second-order valence-electron chi connectivity index (χ2n) is 6.94. The van der Waals surface area contributed by atoms with E-state index in [2.05, 4.69) is 18.3 Å². The minimum absolute atomic E-state index is 0.175. The van der Waals surface area contributed by atoms with E-state index in [-0.39, 0.29) is 17.9 Å². The second-order valence-corrected chi connectivity index (χ2v) is 6.94. The van der Waals surface area contributed by atoms with Crippen molar-refractivity contribution in [3.8, 4) is 6.07 Å². The number of nitrogens with zero attached hydrogens (tertiary/aromatic N) is 1. The zero-order chi connectivity index (χ0) is 13.4. The Bertz CT molecular complexity index is 370. The number of amides is 1. The molecule has 1 N–H and O–H groups in total. The molecule has 4 aliphatic carbocycles. The van der Waals surface area contributed by atoms with Crippen LogP contribution in [0, 0.1) is 40.9 Å². The van der Waals surface area contributed by atoms with Gasteiger partial charge in [-0.1, -0.05) is 13.3 Å². The van der Waals surface area contributed by atoms with E-state index >= 15 is 0 Å². The number of hydrogen-bond donors (Lipinski definition) is 1. The molecule has 0 aromatic rings. The maximum Gasteiger partial charge on any atom is 0.224 e. The van der Waals surface area contributed by atoms with Gasteiger partial charge in [-0.3, -0.25) is 4.79 Å². The van der Waals surface area contributed by atoms with Crippen LogP contribution in [0.5, 0.6) is 0 Å². The Kier molecular flexibility index (Phi) is 3.52. The van der Waals surface area contributed by atoms with Crippen LogP contribution in [0.4, 0.5) is 0 Å². The van der Waals surface area contributed by atoms with Crippen LogP contribution in [0.1, 0.15) is 51.9 Å². The highest BCUT2D eigenvalue weighted by Gasteiger charge is 2.50. The van der Waals surface area contributed by atoms with E-state index in [0.29, 0.717) is 11.8 Å². The summed E-state index contributed by atoms with van der Waals surface area (Å²) >= 11 is 0. The average molecular weight is 260 g/mol. The predicted molar refractivity (Wildman–Crippen MR) is 73.0 cm³/mol. The molecule has 0 radical (unpaired) electrons. The van der Waals surface area contributed by atoms with Gasteiger partial charge in [0.15, 0.2) is 0 Å². The van der Waals surface area contributed by atoms with Gasteiger partial charge in [0.05, 0.1) is 6.07 Å². The molecule has 0 aromatic carbocycles. The lowest BCUT2D eigenvalue weighted by molar-refractivity contribution is -0.138. The molecule has 4 fully saturated rings. The van der Waals surface area contributed by atoms with Gasteiger partial charge in [0.1, 0.15) is 6.04 Å². The van der Waals surface area contributed by atoms with Crippen molar-refractivity contribution in [1.82, 2.24) is 5.32 Å². The van der Waals surface area contributed by atoms with E-state index in [9.17, 15) is 4.79 Å². The van der Waals surface area contributed by atoms with Crippen molar-refractivity contribution < 1.29 is 4.79 Å². The number of nitriles is 1. The minimum atomic E-state index is -0.283. The topological polar surface area (TPSA) is 52.9 Å². The van der Waals surface area contributed by atoms with Gasteiger partial charge in [-0.15, -0.1) is 0 Å². The quantitative estimate of drug-likeness (QED) is 0.845. The summed E-state index contributed by atoms with van der Waals surface area (Å²) < 4.78 is 0. The maximum absolute atomic E-state index is 12.5. The van der Waals surface area contributed by atoms with Crippen molar-refractivity contribution in [3.05, 3.63) is 0 Å². The summed E-state index contributed by atoms with van der Waals surface area (Å²) in [4.78, 5) is 12.5. The molecule has 4 bridgehead atoms. The Morgan fingerprint density at radius 3 is 2.26 bits per heavy atom. The van der Waals surface area contributed by atoms with E-state index < -0.39 is 0 Å². The molecule has 0 spiro atoms. The van der Waals surface area contributed by atoms with Crippen molar-refractivity contribution in [3.63, 3.8) is 0 Å². The largest absolute Gasteiger partial charge is 0.340 e. The number of rotatable bonds is 4. The van der Waals surface area contributed by atoms with E-state index in [1.807, 2.05) is 0 Å². The molecule has 0 heterocycles. The molecule has 104 valence electrons. The number of nitrogens with one attached hydrogen (secondary N) is 1. The normalized spacial score (nSPS) is 40.7. The van der Waals surface area contributed by atoms with Crippen LogP contribution < -0.4 is 5.32 Å². The lowest BCUT2D eigenvalue weighted by Crippen LogP contribution is -2.52. The highest BCUT2D eigenvalue weighted by Crippen LogP contribution is 2.56. The van der Waals surface area contributed by atoms with Gasteiger partial charge in [-0.2, -0.15) is 5.26 Å². The number of hydrogen-bond acceptors (Lipinski definition) is 2. The predicted octanol–water partition coefficient (Wildman–Crippen LogP) is 2.87. The fraction of sp³-hybridized carbons (Fsp3) is 0.875. The van der Waals surface area contributed by atoms with Gasteiger partial charge in [0, 0.05) is 5.92 Å². The fourth-order valence-corrected chi connectivity index (χ4v) is 5.08. The van der Waals surface area contributed by atoms with Gasteiger partial charge in [-0.05, 0) is 62.2 Å². The van der Waals surface area contributed by atoms with Crippen LogP contribution in [-0.4, -0.2) is 11.9 Å². The first-order valence-electron chi connectivity index (χ1n) is 7.91. The first-order valence-corrected chi connectivity index (χ1v) is 7.91. The zero-order valence-electron chi connectivity index (χ0n) is 11.8. The molecule has 0 aliphatic heterocycles. The van der Waals surface area contributed by atoms with E-state index in [1.54, 1.807) is 0 Å². The van der Waals surface area contributed by atoms with Crippen LogP contribution >= 0.6 is 0 Å². The third-order valence-corrected chi connectivity index (χ3v) is 5.58. The molecule has 1 unspecified atom stereocenters. The number of carbonyl (C=O) groups excluding carboxylic acids is 1. The summed E-state index contributed by atoms with van der Waals surface area (Å²) in [5.41, 5.74) is 0. The van der Waals surface area contributed by atoms with Crippen molar-refractivity contribution in [2.24, 2.45) is 29.6 Å². The summed E-state index contributed by atoms with van der Waals surface area (Å²) in [5.74, 6) is 3.40. The smallest absolute Gasteiger partial charge is 0.224 e. The van der Waals surface area contributed by atoms with Crippen molar-refractivity contribution in [2.75, 3.05) is 0 Å². The van der Waals surface area contributed by atoms with Crippen LogP contribution in [0.15, 0.2) is 0 Å².